The molecule has 4 rings (SSSR count). The number of hydrogen-bond donors (Lipinski definition) is 1. The van der Waals surface area contributed by atoms with Gasteiger partial charge in [0.25, 0.3) is 5.91 Å². The molecule has 0 saturated carbocycles. The number of thiazole rings is 1. The number of rotatable bonds is 8. The van der Waals surface area contributed by atoms with Crippen molar-refractivity contribution < 1.29 is 14.3 Å². The molecule has 0 aliphatic rings. The molecule has 3 aromatic carbocycles. The van der Waals surface area contributed by atoms with Crippen molar-refractivity contribution >= 4 is 44.8 Å². The van der Waals surface area contributed by atoms with Crippen LogP contribution in [0, 0.1) is 11.3 Å². The van der Waals surface area contributed by atoms with E-state index in [1.165, 1.54) is 11.3 Å². The Hall–Kier alpha value is -4.15. The van der Waals surface area contributed by atoms with Crippen LogP contribution in [0.5, 0.6) is 11.5 Å². The highest BCUT2D eigenvalue weighted by Crippen LogP contribution is 2.32. The third-order valence-electron chi connectivity index (χ3n) is 4.64. The zero-order valence-electron chi connectivity index (χ0n) is 17.9. The number of nitriles is 1. The van der Waals surface area contributed by atoms with Crippen LogP contribution in [0.2, 0.25) is 0 Å². The van der Waals surface area contributed by atoms with Gasteiger partial charge < -0.3 is 14.8 Å². The molecule has 1 amide bonds. The Morgan fingerprint density at radius 3 is 2.61 bits per heavy atom. The Labute approximate surface area is 195 Å². The molecule has 33 heavy (non-hydrogen) atoms. The molecule has 0 saturated heterocycles. The Morgan fingerprint density at radius 2 is 1.85 bits per heavy atom. The van der Waals surface area contributed by atoms with Crippen LogP contribution in [0.25, 0.3) is 21.9 Å². The third-order valence-corrected chi connectivity index (χ3v) is 5.71. The van der Waals surface area contributed by atoms with Crippen molar-refractivity contribution in [3.05, 3.63) is 83.4 Å². The largest absolute Gasteiger partial charge is 0.490 e. The second-order valence-electron chi connectivity index (χ2n) is 7.00. The van der Waals surface area contributed by atoms with Crippen molar-refractivity contribution in [1.82, 2.24) is 4.98 Å². The summed E-state index contributed by atoms with van der Waals surface area (Å²) in [5.41, 5.74) is 2.81. The second kappa shape index (κ2) is 10.4. The maximum absolute atomic E-state index is 12.2. The first-order valence-corrected chi connectivity index (χ1v) is 11.2. The maximum atomic E-state index is 12.2. The molecule has 0 aliphatic heterocycles. The summed E-state index contributed by atoms with van der Waals surface area (Å²) in [5.74, 6) is 0.686. The number of amides is 1. The van der Waals surface area contributed by atoms with Crippen molar-refractivity contribution in [2.24, 2.45) is 0 Å². The fourth-order valence-electron chi connectivity index (χ4n) is 3.16. The first kappa shape index (κ1) is 22.1. The van der Waals surface area contributed by atoms with Crippen molar-refractivity contribution in [2.75, 3.05) is 18.5 Å². The molecule has 0 radical (unpaired) electrons. The Morgan fingerprint density at radius 1 is 1.06 bits per heavy atom. The minimum absolute atomic E-state index is 0.153. The number of anilines is 1. The lowest BCUT2D eigenvalue weighted by atomic mass is 10.1. The molecule has 0 fully saturated rings. The van der Waals surface area contributed by atoms with Crippen molar-refractivity contribution in [3.63, 3.8) is 0 Å². The van der Waals surface area contributed by atoms with Crippen LogP contribution in [-0.2, 0) is 4.79 Å². The number of nitrogens with zero attached hydrogens (tertiary/aromatic N) is 2. The first-order valence-electron chi connectivity index (χ1n) is 10.4. The standard InChI is InChI=1S/C26H21N3O3S/c1-2-31-23-15-18(14-19(16-27)26-29-21-10-6-7-11-24(21)33-26)12-13-22(23)32-17-25(30)28-20-8-4-3-5-9-20/h3-15H,2,17H2,1H3,(H,28,30)/b19-14+. The molecule has 1 N–H and O–H groups in total. The number of para-hydroxylation sites is 2. The number of benzene rings is 3. The minimum Gasteiger partial charge on any atom is -0.490 e. The summed E-state index contributed by atoms with van der Waals surface area (Å²) in [6, 6.07) is 24.6. The molecule has 1 heterocycles. The molecule has 1 aromatic heterocycles. The molecule has 0 aliphatic carbocycles. The van der Waals surface area contributed by atoms with Gasteiger partial charge in [0, 0.05) is 5.69 Å². The number of carbonyl (C=O) groups is 1. The van der Waals surface area contributed by atoms with Crippen LogP contribution < -0.4 is 14.8 Å². The zero-order valence-corrected chi connectivity index (χ0v) is 18.8. The van der Waals surface area contributed by atoms with E-state index in [9.17, 15) is 10.1 Å². The number of hydrogen-bond acceptors (Lipinski definition) is 6. The average molecular weight is 456 g/mol. The first-order chi connectivity index (χ1) is 16.2. The van der Waals surface area contributed by atoms with E-state index in [0.29, 0.717) is 34.4 Å². The molecule has 0 bridgehead atoms. The van der Waals surface area contributed by atoms with Gasteiger partial charge in [-0.25, -0.2) is 4.98 Å². The van der Waals surface area contributed by atoms with E-state index >= 15 is 0 Å². The normalized spacial score (nSPS) is 11.1. The summed E-state index contributed by atoms with van der Waals surface area (Å²) in [5, 5.41) is 13.2. The van der Waals surface area contributed by atoms with E-state index in [-0.39, 0.29) is 12.5 Å². The lowest BCUT2D eigenvalue weighted by Crippen LogP contribution is -2.20. The summed E-state index contributed by atoms with van der Waals surface area (Å²) in [6.07, 6.45) is 1.77. The van der Waals surface area contributed by atoms with Crippen LogP contribution in [0.15, 0.2) is 72.8 Å². The summed E-state index contributed by atoms with van der Waals surface area (Å²) in [4.78, 5) is 16.8. The van der Waals surface area contributed by atoms with Crippen LogP contribution in [0.3, 0.4) is 0 Å². The van der Waals surface area contributed by atoms with Gasteiger partial charge >= 0.3 is 0 Å². The minimum atomic E-state index is -0.268. The molecule has 0 spiro atoms. The number of nitrogens with one attached hydrogen (secondary N) is 1. The summed E-state index contributed by atoms with van der Waals surface area (Å²) in [7, 11) is 0. The molecule has 6 nitrogen and oxygen atoms in total. The van der Waals surface area contributed by atoms with E-state index in [1.807, 2.05) is 67.6 Å². The van der Waals surface area contributed by atoms with Gasteiger partial charge in [0.05, 0.1) is 22.4 Å². The highest BCUT2D eigenvalue weighted by atomic mass is 32.1. The Kier molecular flexibility index (Phi) is 6.98. The van der Waals surface area contributed by atoms with E-state index in [2.05, 4.69) is 16.4 Å². The number of aromatic nitrogens is 1. The number of allylic oxidation sites excluding steroid dienone is 1. The predicted octanol–water partition coefficient (Wildman–Crippen LogP) is 5.78. The molecule has 164 valence electrons. The van der Waals surface area contributed by atoms with Gasteiger partial charge in [-0.05, 0) is 55.0 Å². The summed E-state index contributed by atoms with van der Waals surface area (Å²) >= 11 is 1.48. The van der Waals surface area contributed by atoms with Gasteiger partial charge in [-0.3, -0.25) is 4.79 Å². The highest BCUT2D eigenvalue weighted by molar-refractivity contribution is 7.19. The van der Waals surface area contributed by atoms with Crippen molar-refractivity contribution in [1.29, 1.82) is 5.26 Å². The van der Waals surface area contributed by atoms with Gasteiger partial charge in [-0.1, -0.05) is 36.4 Å². The SMILES string of the molecule is CCOc1cc(/C=C(\C#N)c2nc3ccccc3s2)ccc1OCC(=O)Nc1ccccc1. The van der Waals surface area contributed by atoms with Gasteiger partial charge in [0.2, 0.25) is 0 Å². The Bertz CT molecular complexity index is 1310. The van der Waals surface area contributed by atoms with Gasteiger partial charge in [-0.15, -0.1) is 11.3 Å². The van der Waals surface area contributed by atoms with Crippen molar-refractivity contribution in [2.45, 2.75) is 6.92 Å². The quantitative estimate of drug-likeness (QED) is 0.341. The predicted molar refractivity (Wildman–Crippen MR) is 131 cm³/mol. The molecule has 4 aromatic rings. The van der Waals surface area contributed by atoms with E-state index < -0.39 is 0 Å². The van der Waals surface area contributed by atoms with Crippen LogP contribution in [-0.4, -0.2) is 24.1 Å². The number of carbonyl (C=O) groups excluding carboxylic acids is 1. The highest BCUT2D eigenvalue weighted by Gasteiger charge is 2.12. The van der Waals surface area contributed by atoms with E-state index in [0.717, 1.165) is 15.8 Å². The molecular formula is C26H21N3O3S. The Balaban J connectivity index is 1.52. The lowest BCUT2D eigenvalue weighted by Gasteiger charge is -2.13. The summed E-state index contributed by atoms with van der Waals surface area (Å²) < 4.78 is 12.4. The average Bonchev–Trinajstić information content (AvgIpc) is 3.27. The van der Waals surface area contributed by atoms with Gasteiger partial charge in [0.1, 0.15) is 11.1 Å². The van der Waals surface area contributed by atoms with Crippen LogP contribution >= 0.6 is 11.3 Å². The van der Waals surface area contributed by atoms with Crippen LogP contribution in [0.1, 0.15) is 17.5 Å². The topological polar surface area (TPSA) is 84.2 Å². The van der Waals surface area contributed by atoms with Gasteiger partial charge in [-0.2, -0.15) is 5.26 Å². The number of fused-ring (bicyclic) bond motifs is 1. The van der Waals surface area contributed by atoms with Crippen molar-refractivity contribution in [3.8, 4) is 17.6 Å². The smallest absolute Gasteiger partial charge is 0.262 e. The molecule has 0 atom stereocenters. The molecule has 7 heteroatoms. The summed E-state index contributed by atoms with van der Waals surface area (Å²) in [6.45, 7) is 2.15. The fraction of sp³-hybridized carbons (Fsp3) is 0.115. The lowest BCUT2D eigenvalue weighted by molar-refractivity contribution is -0.118. The molecular weight excluding hydrogens is 434 g/mol. The molecule has 0 unspecified atom stereocenters. The second-order valence-corrected chi connectivity index (χ2v) is 8.03. The maximum Gasteiger partial charge on any atom is 0.262 e. The van der Waals surface area contributed by atoms with E-state index in [4.69, 9.17) is 9.47 Å². The zero-order chi connectivity index (χ0) is 23.0. The van der Waals surface area contributed by atoms with E-state index in [1.54, 1.807) is 18.2 Å². The monoisotopic (exact) mass is 455 g/mol. The number of ether oxygens (including phenoxy) is 2. The third kappa shape index (κ3) is 5.56. The fourth-order valence-corrected chi connectivity index (χ4v) is 4.09. The van der Waals surface area contributed by atoms with Crippen LogP contribution in [0.4, 0.5) is 5.69 Å². The van der Waals surface area contributed by atoms with Gasteiger partial charge in [0.15, 0.2) is 18.1 Å².